The molecule has 8 heteroatoms. The van der Waals surface area contributed by atoms with E-state index in [0.29, 0.717) is 42.8 Å². The van der Waals surface area contributed by atoms with Gasteiger partial charge in [-0.2, -0.15) is 5.10 Å². The van der Waals surface area contributed by atoms with Crippen LogP contribution in [0.25, 0.3) is 11.3 Å². The summed E-state index contributed by atoms with van der Waals surface area (Å²) >= 11 is 0. The maximum absolute atomic E-state index is 12.9. The lowest BCUT2D eigenvalue weighted by atomic mass is 9.95. The zero-order valence-electron chi connectivity index (χ0n) is 26.3. The Morgan fingerprint density at radius 1 is 1.09 bits per heavy atom. The molecule has 0 aliphatic heterocycles. The monoisotopic (exact) mass is 588 g/mol. The number of carbonyl (C=O) groups excluding carboxylic acids is 2. The highest BCUT2D eigenvalue weighted by Crippen LogP contribution is 2.43. The minimum absolute atomic E-state index is 0.0424. The van der Waals surface area contributed by atoms with Crippen LogP contribution in [-0.2, 0) is 16.2 Å². The van der Waals surface area contributed by atoms with Gasteiger partial charge in [-0.3, -0.25) is 19.2 Å². The van der Waals surface area contributed by atoms with Crippen molar-refractivity contribution < 1.29 is 19.1 Å². The molecule has 1 fully saturated rings. The molecule has 0 bridgehead atoms. The third kappa shape index (κ3) is 8.62. The fourth-order valence-electron chi connectivity index (χ4n) is 5.94. The minimum Gasteiger partial charge on any atom is -0.496 e. The van der Waals surface area contributed by atoms with Gasteiger partial charge in [0.15, 0.2) is 5.82 Å². The highest BCUT2D eigenvalue weighted by Gasteiger charge is 2.30. The maximum atomic E-state index is 12.9. The molecule has 1 aromatic heterocycles. The standard InChI is InChI=1S/C35H48N4O4/c1-5-6-20-36-34(41)22-29(21-26(2)3)38(25-40)33-23-30(39(37-33)28-16-11-8-12-17-28)35-31(42-4)18-13-19-32(35)43-24-27-14-9-7-10-15-27/h7,9-10,13-15,18-19,23,25-26,28-29H,5-6,8,11-12,16-17,20-22,24H2,1-4H3,(H,36,41)/t29-/m0/s1. The van der Waals surface area contributed by atoms with Gasteiger partial charge in [0, 0.05) is 25.1 Å². The van der Waals surface area contributed by atoms with Gasteiger partial charge in [-0.1, -0.05) is 82.9 Å². The summed E-state index contributed by atoms with van der Waals surface area (Å²) in [6, 6.07) is 17.7. The predicted octanol–water partition coefficient (Wildman–Crippen LogP) is 7.33. The first-order valence-electron chi connectivity index (χ1n) is 15.9. The SMILES string of the molecule is CCCCNC(=O)C[C@H](CC(C)C)N(C=O)c1cc(-c2c(OC)cccc2OCc2ccccc2)n(C2CCCCC2)n1. The van der Waals surface area contributed by atoms with Crippen molar-refractivity contribution in [3.63, 3.8) is 0 Å². The van der Waals surface area contributed by atoms with Gasteiger partial charge in [-0.25, -0.2) is 0 Å². The van der Waals surface area contributed by atoms with Gasteiger partial charge in [0.05, 0.1) is 24.4 Å². The molecule has 2 amide bonds. The van der Waals surface area contributed by atoms with Crippen molar-refractivity contribution in [1.82, 2.24) is 15.1 Å². The van der Waals surface area contributed by atoms with Crippen LogP contribution in [0.2, 0.25) is 0 Å². The molecular formula is C35H48N4O4. The van der Waals surface area contributed by atoms with E-state index in [-0.39, 0.29) is 24.4 Å². The summed E-state index contributed by atoms with van der Waals surface area (Å²) in [6.07, 6.45) is 9.19. The normalized spacial score (nSPS) is 14.3. The van der Waals surface area contributed by atoms with E-state index in [0.717, 1.165) is 61.8 Å². The lowest BCUT2D eigenvalue weighted by Gasteiger charge is -2.28. The number of unbranched alkanes of at least 4 members (excludes halogenated alkanes) is 1. The molecule has 2 aromatic carbocycles. The van der Waals surface area contributed by atoms with Gasteiger partial charge in [0.1, 0.15) is 18.1 Å². The number of rotatable bonds is 16. The van der Waals surface area contributed by atoms with E-state index in [1.165, 1.54) is 6.42 Å². The van der Waals surface area contributed by atoms with E-state index >= 15 is 0 Å². The zero-order valence-corrected chi connectivity index (χ0v) is 26.3. The number of hydrogen-bond donors (Lipinski definition) is 1. The lowest BCUT2D eigenvalue weighted by molar-refractivity contribution is -0.121. The topological polar surface area (TPSA) is 85.7 Å². The van der Waals surface area contributed by atoms with Crippen LogP contribution in [0.5, 0.6) is 11.5 Å². The van der Waals surface area contributed by atoms with Crippen molar-refractivity contribution in [3.8, 4) is 22.8 Å². The molecular weight excluding hydrogens is 540 g/mol. The second kappa shape index (κ2) is 16.1. The summed E-state index contributed by atoms with van der Waals surface area (Å²) in [5.74, 6) is 2.17. The number of carbonyl (C=O) groups is 2. The van der Waals surface area contributed by atoms with E-state index in [4.69, 9.17) is 14.6 Å². The van der Waals surface area contributed by atoms with Crippen LogP contribution in [0.15, 0.2) is 54.6 Å². The van der Waals surface area contributed by atoms with Crippen LogP contribution < -0.4 is 19.7 Å². The van der Waals surface area contributed by atoms with Gasteiger partial charge < -0.3 is 14.8 Å². The van der Waals surface area contributed by atoms with Gasteiger partial charge in [0.2, 0.25) is 12.3 Å². The maximum Gasteiger partial charge on any atom is 0.222 e. The molecule has 1 aliphatic carbocycles. The van der Waals surface area contributed by atoms with Crippen LogP contribution in [0, 0.1) is 5.92 Å². The first-order chi connectivity index (χ1) is 20.9. The Labute approximate surface area is 256 Å². The second-order valence-corrected chi connectivity index (χ2v) is 11.9. The quantitative estimate of drug-likeness (QED) is 0.140. The third-order valence-corrected chi connectivity index (χ3v) is 8.13. The van der Waals surface area contributed by atoms with Crippen LogP contribution in [0.3, 0.4) is 0 Å². The Hall–Kier alpha value is -3.81. The minimum atomic E-state index is -0.312. The molecule has 1 N–H and O–H groups in total. The summed E-state index contributed by atoms with van der Waals surface area (Å²) in [7, 11) is 1.66. The average Bonchev–Trinajstić information content (AvgIpc) is 3.45. The first kappa shape index (κ1) is 32.1. The lowest BCUT2D eigenvalue weighted by Crippen LogP contribution is -2.40. The Morgan fingerprint density at radius 3 is 2.51 bits per heavy atom. The summed E-state index contributed by atoms with van der Waals surface area (Å²) < 4.78 is 14.3. The molecule has 1 aliphatic rings. The predicted molar refractivity (Wildman–Crippen MR) is 171 cm³/mol. The number of aromatic nitrogens is 2. The van der Waals surface area contributed by atoms with Crippen LogP contribution in [0.1, 0.15) is 90.2 Å². The number of nitrogens with one attached hydrogen (secondary N) is 1. The zero-order chi connectivity index (χ0) is 30.6. The van der Waals surface area contributed by atoms with Crippen LogP contribution in [0.4, 0.5) is 5.82 Å². The molecule has 1 heterocycles. The molecule has 0 radical (unpaired) electrons. The van der Waals surface area contributed by atoms with Gasteiger partial charge in [-0.05, 0) is 49.3 Å². The number of nitrogens with zero attached hydrogens (tertiary/aromatic N) is 3. The van der Waals surface area contributed by atoms with E-state index in [9.17, 15) is 9.59 Å². The third-order valence-electron chi connectivity index (χ3n) is 8.13. The molecule has 8 nitrogen and oxygen atoms in total. The van der Waals surface area contributed by atoms with Crippen molar-refractivity contribution in [2.75, 3.05) is 18.6 Å². The summed E-state index contributed by atoms with van der Waals surface area (Å²) in [5.41, 5.74) is 2.73. The van der Waals surface area contributed by atoms with E-state index in [2.05, 4.69) is 30.8 Å². The fourth-order valence-corrected chi connectivity index (χ4v) is 5.94. The van der Waals surface area contributed by atoms with Crippen molar-refractivity contribution >= 4 is 18.1 Å². The number of anilines is 1. The Bertz CT molecular complexity index is 1300. The molecule has 1 saturated carbocycles. The van der Waals surface area contributed by atoms with Crippen molar-refractivity contribution in [1.29, 1.82) is 0 Å². The van der Waals surface area contributed by atoms with Crippen molar-refractivity contribution in [2.24, 2.45) is 5.92 Å². The number of benzene rings is 2. The molecule has 43 heavy (non-hydrogen) atoms. The van der Waals surface area contributed by atoms with Crippen molar-refractivity contribution in [3.05, 3.63) is 60.2 Å². The Kier molecular flexibility index (Phi) is 12.1. The highest BCUT2D eigenvalue weighted by molar-refractivity contribution is 5.83. The highest BCUT2D eigenvalue weighted by atomic mass is 16.5. The largest absolute Gasteiger partial charge is 0.496 e. The van der Waals surface area contributed by atoms with E-state index in [1.807, 2.05) is 54.6 Å². The Morgan fingerprint density at radius 2 is 1.84 bits per heavy atom. The average molecular weight is 589 g/mol. The smallest absolute Gasteiger partial charge is 0.222 e. The first-order valence-corrected chi connectivity index (χ1v) is 15.9. The molecule has 4 rings (SSSR count). The Balaban J connectivity index is 1.75. The van der Waals surface area contributed by atoms with Crippen molar-refractivity contribution in [2.45, 2.75) is 97.2 Å². The summed E-state index contributed by atoms with van der Waals surface area (Å²) in [5, 5.41) is 8.12. The van der Waals surface area contributed by atoms with Crippen LogP contribution >= 0.6 is 0 Å². The molecule has 232 valence electrons. The molecule has 1 atom stereocenters. The number of ether oxygens (including phenoxy) is 2. The number of hydrogen-bond acceptors (Lipinski definition) is 5. The molecule has 0 unspecified atom stereocenters. The molecule has 0 saturated heterocycles. The van der Waals surface area contributed by atoms with Gasteiger partial charge in [-0.15, -0.1) is 0 Å². The number of methoxy groups -OCH3 is 1. The summed E-state index contributed by atoms with van der Waals surface area (Å²) in [6.45, 7) is 7.38. The van der Waals surface area contributed by atoms with E-state index in [1.54, 1.807) is 12.0 Å². The molecule has 0 spiro atoms. The van der Waals surface area contributed by atoms with Gasteiger partial charge in [0.25, 0.3) is 0 Å². The second-order valence-electron chi connectivity index (χ2n) is 11.9. The fraction of sp³-hybridized carbons (Fsp3) is 0.514. The number of amides is 2. The summed E-state index contributed by atoms with van der Waals surface area (Å²) in [4.78, 5) is 27.3. The molecule has 3 aromatic rings. The van der Waals surface area contributed by atoms with E-state index < -0.39 is 0 Å². The van der Waals surface area contributed by atoms with Gasteiger partial charge >= 0.3 is 0 Å². The van der Waals surface area contributed by atoms with Crippen LogP contribution in [-0.4, -0.2) is 41.8 Å².